The summed E-state index contributed by atoms with van der Waals surface area (Å²) in [5.41, 5.74) is 1.69. The fourth-order valence-electron chi connectivity index (χ4n) is 3.35. The Labute approximate surface area is 142 Å². The fourth-order valence-corrected chi connectivity index (χ4v) is 3.35. The molecule has 0 radical (unpaired) electrons. The Morgan fingerprint density at radius 1 is 1.33 bits per heavy atom. The number of likely N-dealkylation sites (N-methyl/N-ethyl adjacent to an activating group) is 1. The summed E-state index contributed by atoms with van der Waals surface area (Å²) in [5.74, 6) is -0.665. The molecule has 128 valence electrons. The van der Waals surface area contributed by atoms with E-state index < -0.39 is 5.97 Å². The molecule has 1 N–H and O–H groups in total. The first kappa shape index (κ1) is 18.0. The van der Waals surface area contributed by atoms with Gasteiger partial charge in [0.1, 0.15) is 0 Å². The van der Waals surface area contributed by atoms with Crippen LogP contribution in [0.2, 0.25) is 0 Å². The Morgan fingerprint density at radius 2 is 2.00 bits per heavy atom. The van der Waals surface area contributed by atoms with Crippen LogP contribution in [0.5, 0.6) is 0 Å². The van der Waals surface area contributed by atoms with Crippen molar-refractivity contribution in [1.82, 2.24) is 0 Å². The van der Waals surface area contributed by atoms with Crippen LogP contribution in [-0.2, 0) is 9.53 Å². The van der Waals surface area contributed by atoms with Crippen molar-refractivity contribution < 1.29 is 18.8 Å². The molecule has 1 fully saturated rings. The number of aryl methyl sites for hydroxylation is 1. The van der Waals surface area contributed by atoms with Gasteiger partial charge in [-0.2, -0.15) is 0 Å². The van der Waals surface area contributed by atoms with Crippen LogP contribution in [0, 0.1) is 13.5 Å². The summed E-state index contributed by atoms with van der Waals surface area (Å²) in [6.45, 7) is 14.4. The van der Waals surface area contributed by atoms with Gasteiger partial charge in [-0.3, -0.25) is 4.79 Å². The highest BCUT2D eigenvalue weighted by Crippen LogP contribution is 2.28. The van der Waals surface area contributed by atoms with Gasteiger partial charge in [-0.05, 0) is 25.5 Å². The molecule has 0 unspecified atom stereocenters. The second kappa shape index (κ2) is 7.45. The van der Waals surface area contributed by atoms with Crippen molar-refractivity contribution in [2.75, 3.05) is 38.6 Å². The van der Waals surface area contributed by atoms with E-state index in [1.807, 2.05) is 0 Å². The molecular weight excluding hydrogens is 306 g/mol. The molecule has 1 aromatic rings. The largest absolute Gasteiger partial charge is 0.465 e. The minimum atomic E-state index is -0.556. The van der Waals surface area contributed by atoms with Gasteiger partial charge in [0.05, 0.1) is 44.6 Å². The average molecular weight is 330 g/mol. The van der Waals surface area contributed by atoms with Crippen LogP contribution in [0.3, 0.4) is 0 Å². The molecule has 1 aliphatic rings. The summed E-state index contributed by atoms with van der Waals surface area (Å²) in [5, 5.41) is 2.87. The number of esters is 1. The number of likely N-dealkylation sites (tertiary alicyclic amines) is 1. The van der Waals surface area contributed by atoms with Crippen LogP contribution < -0.4 is 5.32 Å². The maximum atomic E-state index is 12.6. The summed E-state index contributed by atoms with van der Waals surface area (Å²) in [6, 6.07) is 3.12. The molecule has 0 aliphatic carbocycles. The van der Waals surface area contributed by atoms with Crippen molar-refractivity contribution >= 4 is 23.3 Å². The van der Waals surface area contributed by atoms with Crippen molar-refractivity contribution in [3.05, 3.63) is 34.7 Å². The minimum absolute atomic E-state index is 0.109. The number of nitrogens with zero attached hydrogens (tertiary/aromatic N) is 2. The van der Waals surface area contributed by atoms with E-state index in [4.69, 9.17) is 11.3 Å². The number of benzene rings is 1. The van der Waals surface area contributed by atoms with Gasteiger partial charge in [0.25, 0.3) is 5.91 Å². The van der Waals surface area contributed by atoms with Crippen molar-refractivity contribution in [3.8, 4) is 0 Å². The first-order valence-corrected chi connectivity index (χ1v) is 8.20. The van der Waals surface area contributed by atoms with Crippen LogP contribution in [0.25, 0.3) is 4.85 Å². The zero-order valence-corrected chi connectivity index (χ0v) is 14.5. The number of quaternary nitrogens is 1. The van der Waals surface area contributed by atoms with Gasteiger partial charge in [0, 0.05) is 12.8 Å². The Hall–Kier alpha value is -2.39. The highest BCUT2D eigenvalue weighted by atomic mass is 16.5. The normalized spacial score (nSPS) is 15.6. The predicted molar refractivity (Wildman–Crippen MR) is 92.0 cm³/mol. The van der Waals surface area contributed by atoms with Gasteiger partial charge >= 0.3 is 5.97 Å². The molecule has 1 aromatic carbocycles. The van der Waals surface area contributed by atoms with E-state index in [2.05, 4.69) is 17.1 Å². The van der Waals surface area contributed by atoms with Crippen molar-refractivity contribution in [1.29, 1.82) is 0 Å². The van der Waals surface area contributed by atoms with Gasteiger partial charge in [-0.15, -0.1) is 0 Å². The Balaban J connectivity index is 2.26. The third kappa shape index (κ3) is 3.74. The number of hydrogen-bond donors (Lipinski definition) is 1. The van der Waals surface area contributed by atoms with E-state index in [-0.39, 0.29) is 11.5 Å². The molecule has 6 heteroatoms. The molecule has 1 amide bonds. The first-order chi connectivity index (χ1) is 11.4. The maximum Gasteiger partial charge on any atom is 0.338 e. The predicted octanol–water partition coefficient (Wildman–Crippen LogP) is 2.90. The average Bonchev–Trinajstić information content (AvgIpc) is 3.04. The van der Waals surface area contributed by atoms with E-state index in [1.165, 1.54) is 13.2 Å². The minimum Gasteiger partial charge on any atom is -0.465 e. The monoisotopic (exact) mass is 330 g/mol. The third-order valence-electron chi connectivity index (χ3n) is 4.78. The SMILES string of the molecule is [C-]#[N+]c1cc(C)c(NC(=O)C[N+]2(CC)CCCC2)c(C(=O)OC)c1. The molecule has 24 heavy (non-hydrogen) atoms. The second-order valence-corrected chi connectivity index (χ2v) is 6.31. The highest BCUT2D eigenvalue weighted by molar-refractivity contribution is 6.03. The summed E-state index contributed by atoms with van der Waals surface area (Å²) in [4.78, 5) is 27.9. The van der Waals surface area contributed by atoms with Crippen molar-refractivity contribution in [2.24, 2.45) is 0 Å². The molecular formula is C18H24N3O3+. The van der Waals surface area contributed by atoms with Gasteiger partial charge in [-0.1, -0.05) is 6.07 Å². The number of carbonyl (C=O) groups is 2. The Bertz CT molecular complexity index is 685. The molecule has 1 aliphatic heterocycles. The van der Waals surface area contributed by atoms with Crippen LogP contribution in [0.1, 0.15) is 35.7 Å². The number of hydrogen-bond acceptors (Lipinski definition) is 3. The van der Waals surface area contributed by atoms with Crippen molar-refractivity contribution in [2.45, 2.75) is 26.7 Å². The highest BCUT2D eigenvalue weighted by Gasteiger charge is 2.33. The zero-order chi connectivity index (χ0) is 17.7. The number of anilines is 1. The lowest BCUT2D eigenvalue weighted by atomic mass is 10.1. The molecule has 1 saturated heterocycles. The smallest absolute Gasteiger partial charge is 0.338 e. The summed E-state index contributed by atoms with van der Waals surface area (Å²) in [7, 11) is 1.29. The Morgan fingerprint density at radius 3 is 2.54 bits per heavy atom. The van der Waals surface area contributed by atoms with E-state index in [0.29, 0.717) is 23.5 Å². The number of nitrogens with one attached hydrogen (secondary N) is 1. The lowest BCUT2D eigenvalue weighted by molar-refractivity contribution is -0.907. The standard InChI is InChI=1S/C18H23N3O3/c1-5-21(8-6-7-9-21)12-16(22)20-17-13(2)10-14(19-3)11-15(17)18(23)24-4/h10-11H,5-9,12H2,1-2,4H3/p+1. The topological polar surface area (TPSA) is 59.8 Å². The van der Waals surface area contributed by atoms with Crippen LogP contribution in [-0.4, -0.2) is 49.6 Å². The quantitative estimate of drug-likeness (QED) is 0.513. The molecule has 6 nitrogen and oxygen atoms in total. The van der Waals surface area contributed by atoms with Crippen LogP contribution >= 0.6 is 0 Å². The summed E-state index contributed by atoms with van der Waals surface area (Å²) >= 11 is 0. The lowest BCUT2D eigenvalue weighted by Crippen LogP contribution is -2.50. The van der Waals surface area contributed by atoms with Crippen LogP contribution in [0.4, 0.5) is 11.4 Å². The van der Waals surface area contributed by atoms with Gasteiger partial charge < -0.3 is 14.5 Å². The second-order valence-electron chi connectivity index (χ2n) is 6.31. The molecule has 0 bridgehead atoms. The zero-order valence-electron chi connectivity index (χ0n) is 14.5. The van der Waals surface area contributed by atoms with Gasteiger partial charge in [0.15, 0.2) is 12.2 Å². The summed E-state index contributed by atoms with van der Waals surface area (Å²) in [6.07, 6.45) is 2.29. The molecule has 0 saturated carbocycles. The molecule has 2 rings (SSSR count). The van der Waals surface area contributed by atoms with Crippen molar-refractivity contribution in [3.63, 3.8) is 0 Å². The maximum absolute atomic E-state index is 12.6. The summed E-state index contributed by atoms with van der Waals surface area (Å²) < 4.78 is 5.58. The number of ether oxygens (including phenoxy) is 1. The first-order valence-electron chi connectivity index (χ1n) is 8.20. The fraction of sp³-hybridized carbons (Fsp3) is 0.500. The number of carbonyl (C=O) groups excluding carboxylic acids is 2. The number of methoxy groups -OCH3 is 1. The van der Waals surface area contributed by atoms with Gasteiger partial charge in [0.2, 0.25) is 0 Å². The van der Waals surface area contributed by atoms with Gasteiger partial charge in [-0.25, -0.2) is 9.64 Å². The lowest BCUT2D eigenvalue weighted by Gasteiger charge is -2.32. The number of amides is 1. The van der Waals surface area contributed by atoms with E-state index in [0.717, 1.165) is 37.0 Å². The molecule has 0 aromatic heterocycles. The number of rotatable bonds is 5. The van der Waals surface area contributed by atoms with E-state index >= 15 is 0 Å². The molecule has 0 atom stereocenters. The molecule has 0 spiro atoms. The van der Waals surface area contributed by atoms with Crippen LogP contribution in [0.15, 0.2) is 12.1 Å². The Kier molecular flexibility index (Phi) is 5.58. The third-order valence-corrected chi connectivity index (χ3v) is 4.78. The van der Waals surface area contributed by atoms with E-state index in [1.54, 1.807) is 13.0 Å². The molecule has 1 heterocycles. The van der Waals surface area contributed by atoms with E-state index in [9.17, 15) is 9.59 Å².